The second kappa shape index (κ2) is 10.9. The molecule has 5 rings (SSSR count). The number of nitrogens with two attached hydrogens (primary N) is 1. The molecule has 1 unspecified atom stereocenters. The van der Waals surface area contributed by atoms with Gasteiger partial charge in [-0.15, -0.1) is 0 Å². The van der Waals surface area contributed by atoms with Crippen LogP contribution < -0.4 is 10.0 Å². The predicted octanol–water partition coefficient (Wildman–Crippen LogP) is 4.41. The zero-order chi connectivity index (χ0) is 27.2. The predicted molar refractivity (Wildman–Crippen MR) is 152 cm³/mol. The van der Waals surface area contributed by atoms with Crippen molar-refractivity contribution in [2.24, 2.45) is 11.1 Å². The van der Waals surface area contributed by atoms with Crippen LogP contribution in [0.5, 0.6) is 0 Å². The van der Waals surface area contributed by atoms with Crippen LogP contribution in [-0.4, -0.2) is 70.5 Å². The molecule has 2 aliphatic rings. The molecule has 2 aliphatic heterocycles. The van der Waals surface area contributed by atoms with Gasteiger partial charge in [0.05, 0.1) is 23.7 Å². The van der Waals surface area contributed by atoms with Gasteiger partial charge < -0.3 is 4.90 Å². The summed E-state index contributed by atoms with van der Waals surface area (Å²) in [5.41, 5.74) is 3.26. The number of aromatic nitrogens is 4. The van der Waals surface area contributed by atoms with Crippen LogP contribution in [0, 0.1) is 12.8 Å². The summed E-state index contributed by atoms with van der Waals surface area (Å²) < 4.78 is 25.0. The fourth-order valence-electron chi connectivity index (χ4n) is 6.18. The largest absolute Gasteiger partial charge is 0.355 e. The van der Waals surface area contributed by atoms with Gasteiger partial charge in [-0.25, -0.2) is 28.2 Å². The van der Waals surface area contributed by atoms with Gasteiger partial charge in [-0.05, 0) is 69.7 Å². The lowest BCUT2D eigenvalue weighted by atomic mass is 9.91. The Morgan fingerprint density at radius 3 is 2.71 bits per heavy atom. The third-order valence-corrected chi connectivity index (χ3v) is 9.47. The second-order valence-electron chi connectivity index (χ2n) is 10.7. The number of aryl methyl sites for hydroxylation is 1. The molecule has 2 aromatic heterocycles. The fourth-order valence-corrected chi connectivity index (χ4v) is 7.34. The summed E-state index contributed by atoms with van der Waals surface area (Å²) >= 11 is 12.6. The number of halogens is 2. The van der Waals surface area contributed by atoms with Crippen molar-refractivity contribution in [2.75, 3.05) is 30.3 Å². The topological polar surface area (TPSA) is 110 Å². The molecule has 2 N–H and O–H groups in total. The molecular weight excluding hydrogens is 545 g/mol. The molecule has 0 saturated carbocycles. The zero-order valence-electron chi connectivity index (χ0n) is 22.0. The maximum Gasteiger partial charge on any atom is 0.209 e. The Kier molecular flexibility index (Phi) is 7.90. The Balaban J connectivity index is 1.35. The number of rotatable bonds is 7. The van der Waals surface area contributed by atoms with E-state index in [4.69, 9.17) is 43.4 Å². The van der Waals surface area contributed by atoms with Crippen molar-refractivity contribution in [3.05, 3.63) is 45.7 Å². The van der Waals surface area contributed by atoms with Gasteiger partial charge in [-0.3, -0.25) is 4.90 Å². The van der Waals surface area contributed by atoms with E-state index in [1.54, 1.807) is 6.07 Å². The molecular formula is C26H35Cl2N7O2S. The summed E-state index contributed by atoms with van der Waals surface area (Å²) in [6, 6.07) is 6.06. The van der Waals surface area contributed by atoms with E-state index in [9.17, 15) is 8.42 Å². The first kappa shape index (κ1) is 27.6. The van der Waals surface area contributed by atoms with Gasteiger partial charge in [-0.1, -0.05) is 36.2 Å². The van der Waals surface area contributed by atoms with Crippen LogP contribution in [0.4, 0.5) is 5.82 Å². The molecule has 0 radical (unpaired) electrons. The zero-order valence-corrected chi connectivity index (χ0v) is 24.3. The summed E-state index contributed by atoms with van der Waals surface area (Å²) in [5.74, 6) is 1.28. The van der Waals surface area contributed by atoms with E-state index in [-0.39, 0.29) is 17.8 Å². The molecule has 0 amide bonds. The molecule has 206 valence electrons. The van der Waals surface area contributed by atoms with E-state index in [0.29, 0.717) is 28.4 Å². The fraction of sp³-hybridized carbons (Fsp3) is 0.577. The van der Waals surface area contributed by atoms with Gasteiger partial charge in [0.1, 0.15) is 11.3 Å². The van der Waals surface area contributed by atoms with Crippen molar-refractivity contribution in [3.63, 3.8) is 0 Å². The number of anilines is 1. The maximum atomic E-state index is 11.5. The van der Waals surface area contributed by atoms with Gasteiger partial charge in [0.2, 0.25) is 10.0 Å². The number of hydrogen-bond acceptors (Lipinski definition) is 7. The van der Waals surface area contributed by atoms with Crippen molar-refractivity contribution in [1.29, 1.82) is 0 Å². The van der Waals surface area contributed by atoms with Gasteiger partial charge in [0, 0.05) is 35.2 Å². The summed E-state index contributed by atoms with van der Waals surface area (Å²) in [5, 5.41) is 11.2. The SMILES string of the molecule is Cc1nn([C@H](C)c2ccc(Cl)cc2Cl)c2nc(N3CC[C@@H](N4CCCC4CCS(N)(=O)=O)[C@@H](C)C3)cnc12. The highest BCUT2D eigenvalue weighted by molar-refractivity contribution is 7.89. The van der Waals surface area contributed by atoms with Crippen molar-refractivity contribution in [3.8, 4) is 0 Å². The average Bonchev–Trinajstić information content (AvgIpc) is 3.46. The van der Waals surface area contributed by atoms with Crippen LogP contribution in [0.25, 0.3) is 11.2 Å². The van der Waals surface area contributed by atoms with E-state index >= 15 is 0 Å². The number of nitrogens with zero attached hydrogens (tertiary/aromatic N) is 6. The van der Waals surface area contributed by atoms with Crippen molar-refractivity contribution in [2.45, 2.75) is 64.6 Å². The molecule has 0 spiro atoms. The van der Waals surface area contributed by atoms with Gasteiger partial charge in [0.15, 0.2) is 5.65 Å². The van der Waals surface area contributed by atoms with Crippen molar-refractivity contribution < 1.29 is 8.42 Å². The molecule has 4 heterocycles. The smallest absolute Gasteiger partial charge is 0.209 e. The average molecular weight is 581 g/mol. The third kappa shape index (κ3) is 5.65. The third-order valence-electron chi connectivity index (χ3n) is 8.11. The van der Waals surface area contributed by atoms with Gasteiger partial charge in [-0.2, -0.15) is 5.10 Å². The van der Waals surface area contributed by atoms with E-state index in [0.717, 1.165) is 67.1 Å². The summed E-state index contributed by atoms with van der Waals surface area (Å²) in [6.07, 6.45) is 5.57. The number of piperidine rings is 1. The van der Waals surface area contributed by atoms with Crippen molar-refractivity contribution in [1.82, 2.24) is 24.6 Å². The number of benzene rings is 1. The van der Waals surface area contributed by atoms with E-state index in [1.807, 2.05) is 36.9 Å². The molecule has 0 bridgehead atoms. The molecule has 2 saturated heterocycles. The number of fused-ring (bicyclic) bond motifs is 1. The summed E-state index contributed by atoms with van der Waals surface area (Å²) in [6.45, 7) is 9.00. The summed E-state index contributed by atoms with van der Waals surface area (Å²) in [7, 11) is -3.44. The minimum Gasteiger partial charge on any atom is -0.355 e. The molecule has 0 aliphatic carbocycles. The first-order valence-electron chi connectivity index (χ1n) is 13.2. The first-order chi connectivity index (χ1) is 18.0. The second-order valence-corrected chi connectivity index (χ2v) is 13.3. The maximum absolute atomic E-state index is 11.5. The molecule has 9 nitrogen and oxygen atoms in total. The van der Waals surface area contributed by atoms with Gasteiger partial charge in [0.25, 0.3) is 0 Å². The van der Waals surface area contributed by atoms with E-state index in [1.165, 1.54) is 0 Å². The highest BCUT2D eigenvalue weighted by atomic mass is 35.5. The Bertz CT molecular complexity index is 1430. The number of primary sulfonamides is 1. The molecule has 12 heteroatoms. The molecule has 1 aromatic carbocycles. The monoisotopic (exact) mass is 579 g/mol. The van der Waals surface area contributed by atoms with E-state index in [2.05, 4.69) is 16.7 Å². The van der Waals surface area contributed by atoms with Gasteiger partial charge >= 0.3 is 0 Å². The van der Waals surface area contributed by atoms with Crippen LogP contribution in [-0.2, 0) is 10.0 Å². The van der Waals surface area contributed by atoms with Crippen LogP contribution in [0.15, 0.2) is 24.4 Å². The highest BCUT2D eigenvalue weighted by Crippen LogP contribution is 2.34. The van der Waals surface area contributed by atoms with E-state index < -0.39 is 10.0 Å². The lowest BCUT2D eigenvalue weighted by molar-refractivity contribution is 0.113. The lowest BCUT2D eigenvalue weighted by Gasteiger charge is -2.43. The Hall–Kier alpha value is -1.98. The summed E-state index contributed by atoms with van der Waals surface area (Å²) in [4.78, 5) is 14.6. The number of hydrogen-bond donors (Lipinski definition) is 1. The standard InChI is InChI=1S/C26H35Cl2N7O2S/c1-16-15-33(11-8-23(16)34-10-4-5-20(34)9-12-38(29,36)37)24-14-30-25-17(2)32-35(26(25)31-24)18(3)21-7-6-19(27)13-22(21)28/h6-7,13-14,16,18,20,23H,4-5,8-12,15H2,1-3H3,(H2,29,36,37)/t16-,18+,20?,23+/m0/s1. The Morgan fingerprint density at radius 1 is 1.21 bits per heavy atom. The Labute approximate surface area is 234 Å². The van der Waals surface area contributed by atoms with Crippen LogP contribution >= 0.6 is 23.2 Å². The van der Waals surface area contributed by atoms with Crippen LogP contribution in [0.1, 0.15) is 56.8 Å². The first-order valence-corrected chi connectivity index (χ1v) is 15.7. The van der Waals surface area contributed by atoms with Crippen molar-refractivity contribution >= 4 is 50.2 Å². The highest BCUT2D eigenvalue weighted by Gasteiger charge is 2.37. The normalized spacial score (nSPS) is 23.8. The molecule has 3 aromatic rings. The molecule has 38 heavy (non-hydrogen) atoms. The number of likely N-dealkylation sites (tertiary alicyclic amines) is 1. The molecule has 4 atom stereocenters. The minimum absolute atomic E-state index is 0.0454. The lowest BCUT2D eigenvalue weighted by Crippen LogP contribution is -2.52. The van der Waals surface area contributed by atoms with Crippen LogP contribution in [0.2, 0.25) is 10.0 Å². The quantitative estimate of drug-likeness (QED) is 0.441. The number of sulfonamides is 1. The Morgan fingerprint density at radius 2 is 2.00 bits per heavy atom. The van der Waals surface area contributed by atoms with Crippen LogP contribution in [0.3, 0.4) is 0 Å². The minimum atomic E-state index is -3.44. The molecule has 2 fully saturated rings.